The van der Waals surface area contributed by atoms with Gasteiger partial charge in [-0.2, -0.15) is 0 Å². The Balaban J connectivity index is 1.72. The Morgan fingerprint density at radius 1 is 1.14 bits per heavy atom. The van der Waals surface area contributed by atoms with Crippen molar-refractivity contribution in [3.05, 3.63) is 63.4 Å². The van der Waals surface area contributed by atoms with Crippen molar-refractivity contribution in [3.63, 3.8) is 0 Å². The number of aryl methyl sites for hydroxylation is 2. The van der Waals surface area contributed by atoms with Crippen LogP contribution in [0.1, 0.15) is 30.0 Å². The van der Waals surface area contributed by atoms with Gasteiger partial charge in [0.05, 0.1) is 17.0 Å². The molecule has 2 aromatic carbocycles. The molecule has 29 heavy (non-hydrogen) atoms. The van der Waals surface area contributed by atoms with Crippen molar-refractivity contribution in [3.8, 4) is 5.75 Å². The molecule has 0 aliphatic carbocycles. The number of nitrogens with zero attached hydrogens (tertiary/aromatic N) is 2. The second-order valence-corrected chi connectivity index (χ2v) is 8.28. The maximum atomic E-state index is 12.8. The van der Waals surface area contributed by atoms with Crippen LogP contribution < -0.4 is 10.3 Å². The first kappa shape index (κ1) is 21.4. The zero-order valence-corrected chi connectivity index (χ0v) is 18.3. The van der Waals surface area contributed by atoms with Gasteiger partial charge in [0.25, 0.3) is 5.56 Å². The molecule has 0 bridgehead atoms. The van der Waals surface area contributed by atoms with Crippen LogP contribution in [0, 0.1) is 20.8 Å². The van der Waals surface area contributed by atoms with Crippen molar-refractivity contribution < 1.29 is 9.84 Å². The molecule has 6 heteroatoms. The van der Waals surface area contributed by atoms with Gasteiger partial charge in [0.15, 0.2) is 5.16 Å². The van der Waals surface area contributed by atoms with Crippen LogP contribution in [-0.2, 0) is 6.54 Å². The fraction of sp³-hybridized carbons (Fsp3) is 0.391. The standard InChI is InChI=1S/C23H28N2O3S/c1-5-12-25-22(27)19-8-6-7-9-20(19)24-23(25)29-14-18(26)13-28-21-16(3)11-10-15(2)17(21)4/h6-11,18,26H,5,12-14H2,1-4H3/t18-/m1/s1. The molecule has 0 spiro atoms. The van der Waals surface area contributed by atoms with Gasteiger partial charge in [0, 0.05) is 12.3 Å². The molecule has 3 aromatic rings. The van der Waals surface area contributed by atoms with Crippen molar-refractivity contribution in [2.24, 2.45) is 0 Å². The predicted octanol–water partition coefficient (Wildman–Crippen LogP) is 4.26. The third-order valence-electron chi connectivity index (χ3n) is 4.97. The summed E-state index contributed by atoms with van der Waals surface area (Å²) in [5, 5.41) is 11.7. The Bertz CT molecular complexity index is 1060. The van der Waals surface area contributed by atoms with Gasteiger partial charge in [-0.1, -0.05) is 43.0 Å². The first-order chi connectivity index (χ1) is 13.9. The number of fused-ring (bicyclic) bond motifs is 1. The van der Waals surface area contributed by atoms with Gasteiger partial charge >= 0.3 is 0 Å². The van der Waals surface area contributed by atoms with Crippen LogP contribution in [0.4, 0.5) is 0 Å². The van der Waals surface area contributed by atoms with E-state index in [0.717, 1.165) is 23.3 Å². The van der Waals surface area contributed by atoms with E-state index in [0.29, 0.717) is 28.4 Å². The number of thioether (sulfide) groups is 1. The molecule has 0 saturated heterocycles. The predicted molar refractivity (Wildman–Crippen MR) is 119 cm³/mol. The van der Waals surface area contributed by atoms with Gasteiger partial charge < -0.3 is 9.84 Å². The van der Waals surface area contributed by atoms with Crippen LogP contribution in [0.2, 0.25) is 0 Å². The lowest BCUT2D eigenvalue weighted by atomic mass is 10.1. The molecule has 0 amide bonds. The lowest BCUT2D eigenvalue weighted by Crippen LogP contribution is -2.25. The largest absolute Gasteiger partial charge is 0.490 e. The Morgan fingerprint density at radius 2 is 1.86 bits per heavy atom. The molecule has 0 aliphatic heterocycles. The molecule has 1 atom stereocenters. The van der Waals surface area contributed by atoms with E-state index in [-0.39, 0.29) is 12.2 Å². The second kappa shape index (κ2) is 9.46. The fourth-order valence-electron chi connectivity index (χ4n) is 3.22. The summed E-state index contributed by atoms with van der Waals surface area (Å²) < 4.78 is 7.62. The van der Waals surface area contributed by atoms with Crippen LogP contribution in [0.5, 0.6) is 5.75 Å². The smallest absolute Gasteiger partial charge is 0.262 e. The van der Waals surface area contributed by atoms with Crippen LogP contribution in [-0.4, -0.2) is 33.1 Å². The number of ether oxygens (including phenoxy) is 1. The molecule has 5 nitrogen and oxygen atoms in total. The maximum Gasteiger partial charge on any atom is 0.262 e. The molecule has 0 saturated carbocycles. The van der Waals surface area contributed by atoms with Crippen molar-refractivity contribution in [2.45, 2.75) is 51.9 Å². The first-order valence-corrected chi connectivity index (χ1v) is 10.9. The van der Waals surface area contributed by atoms with Gasteiger partial charge in [-0.3, -0.25) is 9.36 Å². The Hall–Kier alpha value is -2.31. The molecular formula is C23H28N2O3S. The second-order valence-electron chi connectivity index (χ2n) is 7.30. The molecule has 0 radical (unpaired) electrons. The molecular weight excluding hydrogens is 384 g/mol. The third-order valence-corrected chi connectivity index (χ3v) is 6.09. The summed E-state index contributed by atoms with van der Waals surface area (Å²) in [5.41, 5.74) is 3.97. The summed E-state index contributed by atoms with van der Waals surface area (Å²) in [6.07, 6.45) is 0.170. The van der Waals surface area contributed by atoms with E-state index in [2.05, 4.69) is 11.1 Å². The van der Waals surface area contributed by atoms with Crippen LogP contribution in [0.25, 0.3) is 10.9 Å². The van der Waals surface area contributed by atoms with Crippen molar-refractivity contribution in [2.75, 3.05) is 12.4 Å². The van der Waals surface area contributed by atoms with E-state index in [9.17, 15) is 9.90 Å². The highest BCUT2D eigenvalue weighted by Gasteiger charge is 2.15. The summed E-state index contributed by atoms with van der Waals surface area (Å²) >= 11 is 1.39. The molecule has 0 fully saturated rings. The maximum absolute atomic E-state index is 12.8. The number of para-hydroxylation sites is 1. The molecule has 1 N–H and O–H groups in total. The Labute approximate surface area is 175 Å². The zero-order valence-electron chi connectivity index (χ0n) is 17.4. The van der Waals surface area contributed by atoms with Crippen molar-refractivity contribution in [1.82, 2.24) is 9.55 Å². The average molecular weight is 413 g/mol. The number of hydrogen-bond acceptors (Lipinski definition) is 5. The number of benzene rings is 2. The Kier molecular flexibility index (Phi) is 6.98. The first-order valence-electron chi connectivity index (χ1n) is 9.92. The SMILES string of the molecule is CCCn1c(SC[C@H](O)COc2c(C)ccc(C)c2C)nc2ccccc2c1=O. The lowest BCUT2D eigenvalue weighted by molar-refractivity contribution is 0.125. The minimum absolute atomic E-state index is 0.0308. The van der Waals surface area contributed by atoms with E-state index >= 15 is 0 Å². The molecule has 0 unspecified atom stereocenters. The van der Waals surface area contributed by atoms with Crippen LogP contribution in [0.15, 0.2) is 46.3 Å². The normalized spacial score (nSPS) is 12.3. The minimum atomic E-state index is -0.669. The molecule has 3 rings (SSSR count). The summed E-state index contributed by atoms with van der Waals surface area (Å²) in [6.45, 7) is 8.92. The fourth-order valence-corrected chi connectivity index (χ4v) is 4.16. The molecule has 1 heterocycles. The zero-order chi connectivity index (χ0) is 21.0. The van der Waals surface area contributed by atoms with Gasteiger partial charge in [0.2, 0.25) is 0 Å². The summed E-state index contributed by atoms with van der Waals surface area (Å²) in [5.74, 6) is 1.24. The van der Waals surface area contributed by atoms with Gasteiger partial charge in [0.1, 0.15) is 12.4 Å². The number of aliphatic hydroxyl groups excluding tert-OH is 1. The van der Waals surface area contributed by atoms with E-state index < -0.39 is 6.10 Å². The van der Waals surface area contributed by atoms with E-state index in [4.69, 9.17) is 4.74 Å². The topological polar surface area (TPSA) is 64.3 Å². The lowest BCUT2D eigenvalue weighted by Gasteiger charge is -2.17. The number of aliphatic hydroxyl groups is 1. The average Bonchev–Trinajstić information content (AvgIpc) is 2.71. The summed E-state index contributed by atoms with van der Waals surface area (Å²) in [6, 6.07) is 11.5. The quantitative estimate of drug-likeness (QED) is 0.442. The Morgan fingerprint density at radius 3 is 2.62 bits per heavy atom. The van der Waals surface area contributed by atoms with E-state index in [1.165, 1.54) is 17.3 Å². The highest BCUT2D eigenvalue weighted by molar-refractivity contribution is 7.99. The molecule has 0 aliphatic rings. The number of rotatable bonds is 8. The highest BCUT2D eigenvalue weighted by atomic mass is 32.2. The van der Waals surface area contributed by atoms with Crippen molar-refractivity contribution >= 4 is 22.7 Å². The van der Waals surface area contributed by atoms with Crippen molar-refractivity contribution in [1.29, 1.82) is 0 Å². The summed E-state index contributed by atoms with van der Waals surface area (Å²) in [7, 11) is 0. The summed E-state index contributed by atoms with van der Waals surface area (Å²) in [4.78, 5) is 17.5. The van der Waals surface area contributed by atoms with E-state index in [1.54, 1.807) is 10.6 Å². The number of hydrogen-bond donors (Lipinski definition) is 1. The monoisotopic (exact) mass is 412 g/mol. The van der Waals surface area contributed by atoms with Gasteiger partial charge in [-0.15, -0.1) is 0 Å². The minimum Gasteiger partial charge on any atom is -0.490 e. The van der Waals surface area contributed by atoms with E-state index in [1.807, 2.05) is 52.0 Å². The van der Waals surface area contributed by atoms with Crippen LogP contribution >= 0.6 is 11.8 Å². The highest BCUT2D eigenvalue weighted by Crippen LogP contribution is 2.26. The van der Waals surface area contributed by atoms with Gasteiger partial charge in [-0.25, -0.2) is 4.98 Å². The molecule has 1 aromatic heterocycles. The van der Waals surface area contributed by atoms with Gasteiger partial charge in [-0.05, 0) is 56.0 Å². The molecule has 154 valence electrons. The third kappa shape index (κ3) is 4.82. The van der Waals surface area contributed by atoms with Crippen LogP contribution in [0.3, 0.4) is 0 Å². The number of aromatic nitrogens is 2.